The first-order chi connectivity index (χ1) is 10.2. The van der Waals surface area contributed by atoms with Crippen LogP contribution in [0.1, 0.15) is 51.9 Å². The smallest absolute Gasteiger partial charge is 0.360 e. The number of H-pyrrole nitrogens is 1. The highest BCUT2D eigenvalue weighted by Crippen LogP contribution is 2.07. The summed E-state index contributed by atoms with van der Waals surface area (Å²) >= 11 is 0. The van der Waals surface area contributed by atoms with Crippen LogP contribution in [0.4, 0.5) is 4.53 Å². The Bertz CT molecular complexity index is 579. The fourth-order valence-electron chi connectivity index (χ4n) is 1.36. The zero-order chi connectivity index (χ0) is 16.8. The van der Waals surface area contributed by atoms with Crippen LogP contribution in [0.15, 0.2) is 35.3 Å². The van der Waals surface area contributed by atoms with E-state index in [0.717, 1.165) is 6.20 Å². The van der Waals surface area contributed by atoms with Crippen molar-refractivity contribution in [2.75, 3.05) is 0 Å². The lowest BCUT2D eigenvalue weighted by Gasteiger charge is -1.98. The molecule has 2 aromatic rings. The molecule has 0 spiro atoms. The SMILES string of the molecule is CC.CC.CC.O=C(OF)c1c[nH]c2ccccc2c1=O. The predicted molar refractivity (Wildman–Crippen MR) is 85.1 cm³/mol. The second-order valence-corrected chi connectivity index (χ2v) is 2.94. The van der Waals surface area contributed by atoms with Gasteiger partial charge < -0.3 is 4.98 Å². The number of nitrogens with one attached hydrogen (secondary N) is 1. The molecule has 0 fully saturated rings. The number of fused-ring (bicyclic) bond motifs is 1. The monoisotopic (exact) mass is 297 g/mol. The Labute approximate surface area is 124 Å². The average molecular weight is 297 g/mol. The van der Waals surface area contributed by atoms with Crippen molar-refractivity contribution >= 4 is 16.9 Å². The van der Waals surface area contributed by atoms with Crippen molar-refractivity contribution in [2.24, 2.45) is 0 Å². The van der Waals surface area contributed by atoms with Gasteiger partial charge in [-0.05, 0) is 12.1 Å². The number of rotatable bonds is 1. The molecule has 0 atom stereocenters. The topological polar surface area (TPSA) is 59.2 Å². The van der Waals surface area contributed by atoms with Crippen molar-refractivity contribution in [3.63, 3.8) is 0 Å². The molecule has 0 aliphatic heterocycles. The molecule has 0 aliphatic rings. The number of aromatic nitrogens is 1. The summed E-state index contributed by atoms with van der Waals surface area (Å²) in [6.45, 7) is 12.0. The minimum Gasteiger partial charge on any atom is -0.360 e. The van der Waals surface area contributed by atoms with Gasteiger partial charge in [-0.3, -0.25) is 4.79 Å². The van der Waals surface area contributed by atoms with Gasteiger partial charge in [0.15, 0.2) is 0 Å². The third kappa shape index (κ3) is 5.77. The highest BCUT2D eigenvalue weighted by molar-refractivity contribution is 5.93. The van der Waals surface area contributed by atoms with E-state index in [2.05, 4.69) is 9.93 Å². The summed E-state index contributed by atoms with van der Waals surface area (Å²) in [6, 6.07) is 6.62. The number of carbonyl (C=O) groups is 1. The van der Waals surface area contributed by atoms with Crippen molar-refractivity contribution in [3.05, 3.63) is 46.2 Å². The molecule has 0 saturated carbocycles. The normalized spacial score (nSPS) is 8.14. The summed E-state index contributed by atoms with van der Waals surface area (Å²) < 4.78 is 11.7. The number of halogens is 1. The molecule has 0 amide bonds. The molecule has 0 saturated heterocycles. The summed E-state index contributed by atoms with van der Waals surface area (Å²) in [5.41, 5.74) is -0.318. The van der Waals surface area contributed by atoms with Gasteiger partial charge in [0.25, 0.3) is 0 Å². The number of pyridine rings is 1. The Morgan fingerprint density at radius 2 is 1.57 bits per heavy atom. The van der Waals surface area contributed by atoms with Gasteiger partial charge >= 0.3 is 5.97 Å². The van der Waals surface area contributed by atoms with Crippen molar-refractivity contribution in [2.45, 2.75) is 41.5 Å². The van der Waals surface area contributed by atoms with Crippen molar-refractivity contribution in [1.29, 1.82) is 0 Å². The van der Waals surface area contributed by atoms with E-state index in [9.17, 15) is 14.1 Å². The van der Waals surface area contributed by atoms with Crippen LogP contribution in [0.5, 0.6) is 0 Å². The first-order valence-corrected chi connectivity index (χ1v) is 7.17. The Morgan fingerprint density at radius 1 is 1.05 bits per heavy atom. The summed E-state index contributed by atoms with van der Waals surface area (Å²) in [7, 11) is 0. The molecule has 118 valence electrons. The van der Waals surface area contributed by atoms with Crippen molar-refractivity contribution in [3.8, 4) is 0 Å². The number of hydrogen-bond acceptors (Lipinski definition) is 3. The van der Waals surface area contributed by atoms with E-state index in [1.54, 1.807) is 24.3 Å². The number of carbonyl (C=O) groups excluding carboxylic acids is 1. The maximum Gasteiger partial charge on any atom is 0.384 e. The lowest BCUT2D eigenvalue weighted by Crippen LogP contribution is -2.15. The van der Waals surface area contributed by atoms with Crippen LogP contribution in [-0.4, -0.2) is 11.0 Å². The molecule has 0 aliphatic carbocycles. The molecule has 0 radical (unpaired) electrons. The molecule has 1 N–H and O–H groups in total. The van der Waals surface area contributed by atoms with Crippen LogP contribution in [0.2, 0.25) is 0 Å². The molecule has 21 heavy (non-hydrogen) atoms. The summed E-state index contributed by atoms with van der Waals surface area (Å²) in [6.07, 6.45) is 1.13. The molecule has 5 heteroatoms. The lowest BCUT2D eigenvalue weighted by atomic mass is 10.1. The molecule has 0 bridgehead atoms. The maximum absolute atomic E-state index is 11.7. The van der Waals surface area contributed by atoms with Gasteiger partial charge in [0, 0.05) is 21.6 Å². The molecule has 1 heterocycles. The maximum atomic E-state index is 11.7. The van der Waals surface area contributed by atoms with Gasteiger partial charge in [-0.15, -0.1) is 0 Å². The average Bonchev–Trinajstić information content (AvgIpc) is 2.60. The molecular formula is C16H24FNO3. The van der Waals surface area contributed by atoms with Crippen LogP contribution in [-0.2, 0) is 4.94 Å². The Kier molecular flexibility index (Phi) is 12.9. The molecule has 4 nitrogen and oxygen atoms in total. The Hall–Kier alpha value is -2.17. The van der Waals surface area contributed by atoms with E-state index in [1.807, 2.05) is 41.5 Å². The summed E-state index contributed by atoms with van der Waals surface area (Å²) in [4.78, 5) is 28.2. The quantitative estimate of drug-likeness (QED) is 0.833. The summed E-state index contributed by atoms with van der Waals surface area (Å²) in [5, 5.41) is 0.320. The number of hydrogen-bond donors (Lipinski definition) is 1. The van der Waals surface area contributed by atoms with E-state index in [1.165, 1.54) is 0 Å². The van der Waals surface area contributed by atoms with Gasteiger partial charge in [-0.2, -0.15) is 0 Å². The Balaban J connectivity index is 0. The van der Waals surface area contributed by atoms with E-state index < -0.39 is 11.4 Å². The van der Waals surface area contributed by atoms with Crippen molar-refractivity contribution in [1.82, 2.24) is 4.98 Å². The van der Waals surface area contributed by atoms with Crippen LogP contribution in [0.3, 0.4) is 0 Å². The van der Waals surface area contributed by atoms with Crippen molar-refractivity contribution < 1.29 is 14.3 Å². The molecule has 2 rings (SSSR count). The van der Waals surface area contributed by atoms with Gasteiger partial charge in [-0.1, -0.05) is 53.7 Å². The first-order valence-electron chi connectivity index (χ1n) is 7.17. The van der Waals surface area contributed by atoms with Gasteiger partial charge in [0.2, 0.25) is 5.43 Å². The molecule has 1 aromatic heterocycles. The van der Waals surface area contributed by atoms with Gasteiger partial charge in [0.1, 0.15) is 5.56 Å². The standard InChI is InChI=1S/C10H6FNO3.3C2H6/c11-15-10(14)7-5-12-8-4-2-1-3-6(8)9(7)13;3*1-2/h1-5H,(H,12,13);3*1-2H3. The van der Waals surface area contributed by atoms with E-state index >= 15 is 0 Å². The summed E-state index contributed by atoms with van der Waals surface area (Å²) in [5.74, 6) is -1.29. The second-order valence-electron chi connectivity index (χ2n) is 2.94. The number of aromatic amines is 1. The fraction of sp³-hybridized carbons (Fsp3) is 0.375. The van der Waals surface area contributed by atoms with Gasteiger partial charge in [-0.25, -0.2) is 9.74 Å². The molecular weight excluding hydrogens is 273 g/mol. The molecule has 1 aromatic carbocycles. The Morgan fingerprint density at radius 3 is 2.10 bits per heavy atom. The van der Waals surface area contributed by atoms with Crippen LogP contribution in [0.25, 0.3) is 10.9 Å². The van der Waals surface area contributed by atoms with E-state index in [4.69, 9.17) is 0 Å². The lowest BCUT2D eigenvalue weighted by molar-refractivity contribution is -0.0789. The zero-order valence-electron chi connectivity index (χ0n) is 13.5. The minimum atomic E-state index is -1.29. The third-order valence-electron chi connectivity index (χ3n) is 2.08. The number of para-hydroxylation sites is 1. The van der Waals surface area contributed by atoms with E-state index in [-0.39, 0.29) is 5.56 Å². The van der Waals surface area contributed by atoms with Crippen LogP contribution >= 0.6 is 0 Å². The van der Waals surface area contributed by atoms with Crippen LogP contribution in [0, 0.1) is 0 Å². The van der Waals surface area contributed by atoms with E-state index in [0.29, 0.717) is 10.9 Å². The zero-order valence-corrected chi connectivity index (χ0v) is 13.5. The molecule has 0 unspecified atom stereocenters. The predicted octanol–water partition coefficient (Wildman–Crippen LogP) is 4.65. The van der Waals surface area contributed by atoms with Gasteiger partial charge in [0.05, 0.1) is 0 Å². The first kappa shape index (κ1) is 21.1. The number of benzene rings is 1. The highest BCUT2D eigenvalue weighted by Gasteiger charge is 2.14. The second kappa shape index (κ2) is 12.8. The fourth-order valence-corrected chi connectivity index (χ4v) is 1.36. The van der Waals surface area contributed by atoms with Crippen LogP contribution < -0.4 is 5.43 Å². The largest absolute Gasteiger partial charge is 0.384 e. The third-order valence-corrected chi connectivity index (χ3v) is 2.08. The highest BCUT2D eigenvalue weighted by atomic mass is 19.3. The minimum absolute atomic E-state index is 0.320.